The second kappa shape index (κ2) is 10.3. The van der Waals surface area contributed by atoms with Crippen molar-refractivity contribution in [3.8, 4) is 0 Å². The van der Waals surface area contributed by atoms with Crippen LogP contribution in [0.3, 0.4) is 0 Å². The number of hydrogen-bond donors (Lipinski definition) is 2. The number of halogens is 1. The lowest BCUT2D eigenvalue weighted by Crippen LogP contribution is -2.43. The molecule has 8 nitrogen and oxygen atoms in total. The number of benzene rings is 1. The van der Waals surface area contributed by atoms with Gasteiger partial charge in [-0.05, 0) is 56.0 Å². The number of sulfonamides is 1. The summed E-state index contributed by atoms with van der Waals surface area (Å²) in [7, 11) is -3.82. The van der Waals surface area contributed by atoms with Crippen molar-refractivity contribution in [2.45, 2.75) is 43.4 Å². The molecule has 2 amide bonds. The van der Waals surface area contributed by atoms with Crippen LogP contribution < -0.4 is 5.32 Å². The van der Waals surface area contributed by atoms with Crippen molar-refractivity contribution in [1.82, 2.24) is 14.2 Å². The summed E-state index contributed by atoms with van der Waals surface area (Å²) in [6, 6.07) is 8.21. The fourth-order valence-corrected chi connectivity index (χ4v) is 6.04. The molecule has 0 radical (unpaired) electrons. The molecule has 0 unspecified atom stereocenters. The molecule has 10 heteroatoms. The number of hydrogen-bond acceptors (Lipinski definition) is 4. The first-order valence-corrected chi connectivity index (χ1v) is 13.2. The second-order valence-electron chi connectivity index (χ2n) is 8.65. The Morgan fingerprint density at radius 3 is 2.39 bits per heavy atom. The van der Waals surface area contributed by atoms with Gasteiger partial charge in [-0.1, -0.05) is 24.4 Å². The van der Waals surface area contributed by atoms with Gasteiger partial charge in [-0.25, -0.2) is 8.42 Å². The molecule has 0 spiro atoms. The van der Waals surface area contributed by atoms with Crippen molar-refractivity contribution in [1.29, 1.82) is 0 Å². The highest BCUT2D eigenvalue weighted by Gasteiger charge is 2.34. The molecule has 2 aromatic rings. The molecule has 0 saturated carbocycles. The Morgan fingerprint density at radius 2 is 1.70 bits per heavy atom. The summed E-state index contributed by atoms with van der Waals surface area (Å²) in [6.45, 7) is 1.82. The number of likely N-dealkylation sites (tertiary alicyclic amines) is 1. The topological polar surface area (TPSA) is 103 Å². The quantitative estimate of drug-likeness (QED) is 0.663. The maximum absolute atomic E-state index is 13.3. The molecule has 0 bridgehead atoms. The largest absolute Gasteiger partial charge is 0.356 e. The first kappa shape index (κ1) is 23.8. The molecule has 33 heavy (non-hydrogen) atoms. The molecule has 2 N–H and O–H groups in total. The third kappa shape index (κ3) is 5.59. The summed E-state index contributed by atoms with van der Waals surface area (Å²) >= 11 is 5.88. The molecular weight excluding hydrogens is 464 g/mol. The average Bonchev–Trinajstić information content (AvgIpc) is 3.17. The van der Waals surface area contributed by atoms with E-state index in [0.717, 1.165) is 25.7 Å². The van der Waals surface area contributed by atoms with Crippen LogP contribution in [0.2, 0.25) is 5.02 Å². The van der Waals surface area contributed by atoms with Crippen LogP contribution >= 0.6 is 11.6 Å². The fourth-order valence-electron chi connectivity index (χ4n) is 4.39. The molecule has 3 heterocycles. The lowest BCUT2D eigenvalue weighted by atomic mass is 9.99. The molecule has 2 fully saturated rings. The van der Waals surface area contributed by atoms with Crippen LogP contribution in [-0.4, -0.2) is 60.6 Å². The highest BCUT2D eigenvalue weighted by Crippen LogP contribution is 2.26. The molecule has 1 aromatic carbocycles. The smallest absolute Gasteiger partial charge is 0.270 e. The number of piperidine rings is 1. The van der Waals surface area contributed by atoms with E-state index in [0.29, 0.717) is 43.2 Å². The van der Waals surface area contributed by atoms with E-state index in [1.807, 2.05) is 0 Å². The maximum atomic E-state index is 13.3. The van der Waals surface area contributed by atoms with Crippen LogP contribution in [0, 0.1) is 5.92 Å². The summed E-state index contributed by atoms with van der Waals surface area (Å²) in [6.07, 6.45) is 6.71. The van der Waals surface area contributed by atoms with Gasteiger partial charge in [0.05, 0.1) is 5.92 Å². The van der Waals surface area contributed by atoms with Crippen LogP contribution in [0.5, 0.6) is 0 Å². The standard InChI is InChI=1S/C23H29ClN4O4S/c24-18-7-9-19(10-8-18)26-22(29)17-6-5-13-28(16-17)33(31,32)20-14-21(25-15-20)23(30)27-11-3-1-2-4-12-27/h7-10,14-15,17,25H,1-6,11-13,16H2,(H,26,29)/t17-/m0/s1. The van der Waals surface area contributed by atoms with E-state index in [1.165, 1.54) is 16.6 Å². The van der Waals surface area contributed by atoms with Crippen molar-refractivity contribution < 1.29 is 18.0 Å². The van der Waals surface area contributed by atoms with E-state index in [1.54, 1.807) is 29.2 Å². The molecule has 178 valence electrons. The lowest BCUT2D eigenvalue weighted by Gasteiger charge is -2.31. The Hall–Kier alpha value is -2.36. The van der Waals surface area contributed by atoms with Gasteiger partial charge in [0, 0.05) is 43.1 Å². The summed E-state index contributed by atoms with van der Waals surface area (Å²) < 4.78 is 27.8. The van der Waals surface area contributed by atoms with Crippen molar-refractivity contribution >= 4 is 39.1 Å². The Labute approximate surface area is 199 Å². The van der Waals surface area contributed by atoms with Crippen molar-refractivity contribution in [3.63, 3.8) is 0 Å². The predicted octanol–water partition coefficient (Wildman–Crippen LogP) is 3.72. The van der Waals surface area contributed by atoms with Gasteiger partial charge < -0.3 is 15.2 Å². The molecule has 2 aliphatic rings. The second-order valence-corrected chi connectivity index (χ2v) is 11.0. The summed E-state index contributed by atoms with van der Waals surface area (Å²) in [5, 5.41) is 3.41. The SMILES string of the molecule is O=C(Nc1ccc(Cl)cc1)[C@H]1CCCN(S(=O)(=O)c2c[nH]c(C(=O)N3CCCCCC3)c2)C1. The highest BCUT2D eigenvalue weighted by molar-refractivity contribution is 7.89. The molecular formula is C23H29ClN4O4S. The number of nitrogens with zero attached hydrogens (tertiary/aromatic N) is 2. The number of carbonyl (C=O) groups excluding carboxylic acids is 2. The monoisotopic (exact) mass is 492 g/mol. The number of nitrogens with one attached hydrogen (secondary N) is 2. The first-order chi connectivity index (χ1) is 15.8. The van der Waals surface area contributed by atoms with Gasteiger partial charge >= 0.3 is 0 Å². The van der Waals surface area contributed by atoms with Gasteiger partial charge in [0.2, 0.25) is 15.9 Å². The minimum absolute atomic E-state index is 0.0550. The van der Waals surface area contributed by atoms with E-state index < -0.39 is 15.9 Å². The van der Waals surface area contributed by atoms with Crippen molar-refractivity contribution in [2.75, 3.05) is 31.5 Å². The van der Waals surface area contributed by atoms with Gasteiger partial charge in [-0.15, -0.1) is 0 Å². The third-order valence-corrected chi connectivity index (χ3v) is 8.38. The summed E-state index contributed by atoms with van der Waals surface area (Å²) in [4.78, 5) is 30.3. The van der Waals surface area contributed by atoms with Gasteiger partial charge in [0.15, 0.2) is 0 Å². The molecule has 2 aliphatic heterocycles. The molecule has 2 saturated heterocycles. The van der Waals surface area contributed by atoms with E-state index in [2.05, 4.69) is 10.3 Å². The molecule has 1 atom stereocenters. The maximum Gasteiger partial charge on any atom is 0.270 e. The minimum atomic E-state index is -3.82. The van der Waals surface area contributed by atoms with Crippen molar-refractivity contribution in [3.05, 3.63) is 47.2 Å². The number of H-pyrrole nitrogens is 1. The normalized spacial score (nSPS) is 20.3. The number of amides is 2. The zero-order valence-corrected chi connectivity index (χ0v) is 20.0. The Morgan fingerprint density at radius 1 is 1.00 bits per heavy atom. The minimum Gasteiger partial charge on any atom is -0.356 e. The number of aromatic amines is 1. The number of carbonyl (C=O) groups is 2. The number of aromatic nitrogens is 1. The Kier molecular flexibility index (Phi) is 7.41. The van der Waals surface area contributed by atoms with E-state index in [9.17, 15) is 18.0 Å². The number of rotatable bonds is 5. The van der Waals surface area contributed by atoms with Crippen LogP contribution in [0.15, 0.2) is 41.4 Å². The van der Waals surface area contributed by atoms with Gasteiger partial charge in [-0.2, -0.15) is 4.31 Å². The fraction of sp³-hybridized carbons (Fsp3) is 0.478. The first-order valence-electron chi connectivity index (χ1n) is 11.4. The summed E-state index contributed by atoms with van der Waals surface area (Å²) in [5.41, 5.74) is 0.899. The van der Waals surface area contributed by atoms with Crippen LogP contribution in [0.1, 0.15) is 49.0 Å². The zero-order chi connectivity index (χ0) is 23.4. The summed E-state index contributed by atoms with van der Waals surface area (Å²) in [5.74, 6) is -0.845. The van der Waals surface area contributed by atoms with Crippen LogP contribution in [0.25, 0.3) is 0 Å². The molecule has 0 aliphatic carbocycles. The van der Waals surface area contributed by atoms with Gasteiger partial charge in [0.1, 0.15) is 10.6 Å². The third-order valence-electron chi connectivity index (χ3n) is 6.28. The van der Waals surface area contributed by atoms with Crippen LogP contribution in [0.4, 0.5) is 5.69 Å². The zero-order valence-electron chi connectivity index (χ0n) is 18.4. The van der Waals surface area contributed by atoms with E-state index in [-0.39, 0.29) is 28.9 Å². The Bertz CT molecular complexity index is 1090. The van der Waals surface area contributed by atoms with E-state index >= 15 is 0 Å². The number of anilines is 1. The lowest BCUT2D eigenvalue weighted by molar-refractivity contribution is -0.120. The van der Waals surface area contributed by atoms with Gasteiger partial charge in [-0.3, -0.25) is 9.59 Å². The molecule has 4 rings (SSSR count). The van der Waals surface area contributed by atoms with Crippen molar-refractivity contribution in [2.24, 2.45) is 5.92 Å². The highest BCUT2D eigenvalue weighted by atomic mass is 35.5. The van der Waals surface area contributed by atoms with Gasteiger partial charge in [0.25, 0.3) is 5.91 Å². The predicted molar refractivity (Wildman–Crippen MR) is 127 cm³/mol. The Balaban J connectivity index is 1.43. The average molecular weight is 493 g/mol. The van der Waals surface area contributed by atoms with Crippen LogP contribution in [-0.2, 0) is 14.8 Å². The molecule has 1 aromatic heterocycles. The van der Waals surface area contributed by atoms with E-state index in [4.69, 9.17) is 11.6 Å².